The lowest BCUT2D eigenvalue weighted by Crippen LogP contribution is -2.09. The predicted octanol–water partition coefficient (Wildman–Crippen LogP) is 3.40. The molecule has 1 aliphatic rings. The molecule has 148 valence electrons. The Kier molecular flexibility index (Phi) is 4.58. The summed E-state index contributed by atoms with van der Waals surface area (Å²) in [7, 11) is 1.64. The van der Waals surface area contributed by atoms with E-state index in [0.29, 0.717) is 23.9 Å². The van der Waals surface area contributed by atoms with Gasteiger partial charge in [0.15, 0.2) is 11.6 Å². The molecule has 1 aliphatic heterocycles. The van der Waals surface area contributed by atoms with Crippen LogP contribution in [0.3, 0.4) is 0 Å². The highest BCUT2D eigenvalue weighted by atomic mass is 35.5. The SMILES string of the molecule is COCc1nnc2n1Cc1c(C#Cc3ccc(C)nc3)ncn1-c1ccc(Cl)cc1-2. The number of aryl methyl sites for hydroxylation is 1. The second-order valence-electron chi connectivity index (χ2n) is 6.97. The number of fused-ring (bicyclic) bond motifs is 5. The molecular formula is C22H17ClN6O. The second kappa shape index (κ2) is 7.41. The molecule has 3 aromatic heterocycles. The van der Waals surface area contributed by atoms with Crippen LogP contribution in [-0.2, 0) is 17.9 Å². The molecule has 0 unspecified atom stereocenters. The van der Waals surface area contributed by atoms with Gasteiger partial charge in [-0.25, -0.2) is 4.98 Å². The Morgan fingerprint density at radius 3 is 2.83 bits per heavy atom. The van der Waals surface area contributed by atoms with Crippen molar-refractivity contribution >= 4 is 11.6 Å². The summed E-state index contributed by atoms with van der Waals surface area (Å²) in [6.45, 7) is 2.82. The maximum atomic E-state index is 6.29. The van der Waals surface area contributed by atoms with E-state index >= 15 is 0 Å². The Bertz CT molecular complexity index is 1310. The van der Waals surface area contributed by atoms with Crippen molar-refractivity contribution in [1.29, 1.82) is 0 Å². The Hall–Kier alpha value is -3.47. The second-order valence-corrected chi connectivity index (χ2v) is 7.41. The molecule has 8 heteroatoms. The fourth-order valence-electron chi connectivity index (χ4n) is 3.49. The van der Waals surface area contributed by atoms with Crippen LogP contribution in [0.1, 0.15) is 28.5 Å². The van der Waals surface area contributed by atoms with Gasteiger partial charge in [-0.15, -0.1) is 10.2 Å². The van der Waals surface area contributed by atoms with Crippen molar-refractivity contribution < 1.29 is 4.74 Å². The highest BCUT2D eigenvalue weighted by molar-refractivity contribution is 6.31. The molecule has 4 heterocycles. The summed E-state index contributed by atoms with van der Waals surface area (Å²) < 4.78 is 9.37. The van der Waals surface area contributed by atoms with Crippen LogP contribution in [0.5, 0.6) is 0 Å². The highest BCUT2D eigenvalue weighted by Gasteiger charge is 2.25. The van der Waals surface area contributed by atoms with E-state index in [1.807, 2.05) is 46.4 Å². The summed E-state index contributed by atoms with van der Waals surface area (Å²) in [4.78, 5) is 8.88. The van der Waals surface area contributed by atoms with Crippen molar-refractivity contribution in [3.8, 4) is 28.9 Å². The number of benzene rings is 1. The molecule has 30 heavy (non-hydrogen) atoms. The molecule has 0 saturated heterocycles. The average molecular weight is 417 g/mol. The van der Waals surface area contributed by atoms with Crippen LogP contribution in [0.15, 0.2) is 42.9 Å². The number of ether oxygens (including phenoxy) is 1. The van der Waals surface area contributed by atoms with Gasteiger partial charge in [-0.1, -0.05) is 17.5 Å². The lowest BCUT2D eigenvalue weighted by atomic mass is 10.1. The van der Waals surface area contributed by atoms with Crippen molar-refractivity contribution in [3.05, 3.63) is 76.3 Å². The predicted molar refractivity (Wildman–Crippen MR) is 112 cm³/mol. The van der Waals surface area contributed by atoms with Crippen molar-refractivity contribution in [2.24, 2.45) is 0 Å². The monoisotopic (exact) mass is 416 g/mol. The van der Waals surface area contributed by atoms with Gasteiger partial charge in [-0.05, 0) is 43.2 Å². The molecule has 0 spiro atoms. The maximum absolute atomic E-state index is 6.29. The van der Waals surface area contributed by atoms with E-state index in [0.717, 1.165) is 39.9 Å². The number of hydrogen-bond acceptors (Lipinski definition) is 5. The van der Waals surface area contributed by atoms with Gasteiger partial charge in [-0.3, -0.25) is 9.55 Å². The first kappa shape index (κ1) is 18.6. The van der Waals surface area contributed by atoms with Crippen molar-refractivity contribution in [2.45, 2.75) is 20.1 Å². The van der Waals surface area contributed by atoms with Gasteiger partial charge >= 0.3 is 0 Å². The summed E-state index contributed by atoms with van der Waals surface area (Å²) in [5, 5.41) is 9.36. The Morgan fingerprint density at radius 1 is 1.13 bits per heavy atom. The van der Waals surface area contributed by atoms with Gasteiger partial charge in [-0.2, -0.15) is 0 Å². The van der Waals surface area contributed by atoms with E-state index in [1.54, 1.807) is 19.6 Å². The molecule has 0 aliphatic carbocycles. The van der Waals surface area contributed by atoms with Gasteiger partial charge in [0.1, 0.15) is 18.6 Å². The fourth-order valence-corrected chi connectivity index (χ4v) is 3.67. The molecular weight excluding hydrogens is 400 g/mol. The molecule has 5 rings (SSSR count). The zero-order valence-corrected chi connectivity index (χ0v) is 17.2. The summed E-state index contributed by atoms with van der Waals surface area (Å²) in [5.74, 6) is 7.83. The molecule has 0 radical (unpaired) electrons. The van der Waals surface area contributed by atoms with Gasteiger partial charge in [0.05, 0.1) is 17.9 Å². The Morgan fingerprint density at radius 2 is 2.03 bits per heavy atom. The Labute approximate surface area is 178 Å². The van der Waals surface area contributed by atoms with E-state index in [4.69, 9.17) is 16.3 Å². The number of nitrogens with zero attached hydrogens (tertiary/aromatic N) is 6. The number of hydrogen-bond donors (Lipinski definition) is 0. The minimum absolute atomic E-state index is 0.354. The molecule has 4 aromatic rings. The third kappa shape index (κ3) is 3.16. The first-order valence-electron chi connectivity index (χ1n) is 9.36. The average Bonchev–Trinajstić information content (AvgIpc) is 3.29. The lowest BCUT2D eigenvalue weighted by Gasteiger charge is -2.08. The molecule has 0 amide bonds. The van der Waals surface area contributed by atoms with Crippen molar-refractivity contribution in [2.75, 3.05) is 7.11 Å². The summed E-state index contributed by atoms with van der Waals surface area (Å²) in [6, 6.07) is 9.61. The van der Waals surface area contributed by atoms with E-state index in [9.17, 15) is 0 Å². The van der Waals surface area contributed by atoms with Crippen LogP contribution < -0.4 is 0 Å². The largest absolute Gasteiger partial charge is 0.377 e. The minimum Gasteiger partial charge on any atom is -0.377 e. The highest BCUT2D eigenvalue weighted by Crippen LogP contribution is 2.34. The number of methoxy groups -OCH3 is 1. The molecule has 0 saturated carbocycles. The van der Waals surface area contributed by atoms with Crippen LogP contribution in [-0.4, -0.2) is 36.4 Å². The summed E-state index contributed by atoms with van der Waals surface area (Å²) in [6.07, 6.45) is 3.55. The number of halogens is 1. The molecule has 0 N–H and O–H groups in total. The number of rotatable bonds is 2. The topological polar surface area (TPSA) is 70.7 Å². The molecule has 0 atom stereocenters. The van der Waals surface area contributed by atoms with E-state index < -0.39 is 0 Å². The standard InChI is InChI=1S/C22H17ClN6O/c1-14-3-4-15(10-24-14)5-7-18-20-11-28-21(12-30-2)26-27-22(28)17-9-16(23)6-8-19(17)29(20)13-25-18/h3-4,6,8-10,13H,11-12H2,1-2H3. The van der Waals surface area contributed by atoms with Crippen LogP contribution in [0.25, 0.3) is 17.1 Å². The third-order valence-corrected chi connectivity index (χ3v) is 5.21. The van der Waals surface area contributed by atoms with Gasteiger partial charge in [0.25, 0.3) is 0 Å². The molecule has 1 aromatic carbocycles. The smallest absolute Gasteiger partial charge is 0.166 e. The summed E-state index contributed by atoms with van der Waals surface area (Å²) in [5.41, 5.74) is 5.26. The number of aromatic nitrogens is 6. The van der Waals surface area contributed by atoms with Crippen LogP contribution in [0.4, 0.5) is 0 Å². The maximum Gasteiger partial charge on any atom is 0.166 e. The number of pyridine rings is 1. The van der Waals surface area contributed by atoms with Crippen LogP contribution in [0, 0.1) is 18.8 Å². The molecule has 0 fully saturated rings. The third-order valence-electron chi connectivity index (χ3n) is 4.97. The van der Waals surface area contributed by atoms with Gasteiger partial charge < -0.3 is 9.30 Å². The first-order valence-corrected chi connectivity index (χ1v) is 9.74. The van der Waals surface area contributed by atoms with E-state index in [2.05, 4.69) is 32.0 Å². The molecule has 7 nitrogen and oxygen atoms in total. The Balaban J connectivity index is 1.67. The first-order chi connectivity index (χ1) is 14.6. The quantitative estimate of drug-likeness (QED) is 0.412. The van der Waals surface area contributed by atoms with E-state index in [-0.39, 0.29) is 0 Å². The zero-order chi connectivity index (χ0) is 20.7. The van der Waals surface area contributed by atoms with Crippen LogP contribution >= 0.6 is 11.6 Å². The van der Waals surface area contributed by atoms with Gasteiger partial charge in [0.2, 0.25) is 0 Å². The van der Waals surface area contributed by atoms with Crippen molar-refractivity contribution in [3.63, 3.8) is 0 Å². The van der Waals surface area contributed by atoms with Crippen molar-refractivity contribution in [1.82, 2.24) is 29.3 Å². The lowest BCUT2D eigenvalue weighted by molar-refractivity contribution is 0.174. The van der Waals surface area contributed by atoms with E-state index in [1.165, 1.54) is 0 Å². The molecule has 0 bridgehead atoms. The normalized spacial score (nSPS) is 11.7. The summed E-state index contributed by atoms with van der Waals surface area (Å²) >= 11 is 6.29. The van der Waals surface area contributed by atoms with Crippen LogP contribution in [0.2, 0.25) is 5.02 Å². The minimum atomic E-state index is 0.354. The van der Waals surface area contributed by atoms with Gasteiger partial charge in [0, 0.05) is 35.2 Å². The zero-order valence-electron chi connectivity index (χ0n) is 16.4. The number of imidazole rings is 1. The fraction of sp³-hybridized carbons (Fsp3) is 0.182.